The third-order valence-electron chi connectivity index (χ3n) is 13.3. The quantitative estimate of drug-likeness (QED) is 0.314. The van der Waals surface area contributed by atoms with Gasteiger partial charge in [-0.05, 0) is 117 Å². The molecule has 6 rings (SSSR count). The van der Waals surface area contributed by atoms with Crippen molar-refractivity contribution in [1.82, 2.24) is 0 Å². The van der Waals surface area contributed by atoms with Crippen molar-refractivity contribution in [2.24, 2.45) is 59.2 Å². The third kappa shape index (κ3) is 7.13. The number of ether oxygens (including phenoxy) is 3. The molecule has 3 heterocycles. The molecule has 9 heteroatoms. The van der Waals surface area contributed by atoms with E-state index >= 15 is 0 Å². The molecule has 46 heavy (non-hydrogen) atoms. The first kappa shape index (κ1) is 34.1. The maximum atomic E-state index is 13.8. The molecule has 15 unspecified atom stereocenters. The smallest absolute Gasteiger partial charge is 0.411 e. The molecule has 3 N–H and O–H groups in total. The zero-order chi connectivity index (χ0) is 32.7. The summed E-state index contributed by atoms with van der Waals surface area (Å²) in [6.45, 7) is 10.1. The van der Waals surface area contributed by atoms with E-state index < -0.39 is 36.0 Å². The maximum absolute atomic E-state index is 13.8. The van der Waals surface area contributed by atoms with Crippen LogP contribution in [0, 0.1) is 70.8 Å². The lowest BCUT2D eigenvalue weighted by atomic mass is 9.56. The van der Waals surface area contributed by atoms with Crippen LogP contribution in [0.2, 0.25) is 0 Å². The van der Waals surface area contributed by atoms with Gasteiger partial charge in [-0.1, -0.05) is 33.6 Å². The third-order valence-corrected chi connectivity index (χ3v) is 13.3. The Morgan fingerprint density at radius 1 is 0.761 bits per heavy atom. The highest BCUT2D eigenvalue weighted by Gasteiger charge is 2.51. The van der Waals surface area contributed by atoms with Crippen LogP contribution in [0.5, 0.6) is 0 Å². The Balaban J connectivity index is 1.32. The fourth-order valence-corrected chi connectivity index (χ4v) is 10.5. The summed E-state index contributed by atoms with van der Waals surface area (Å²) in [5.74, 6) is 0.953. The topological polar surface area (TPSA) is 97.3 Å². The van der Waals surface area contributed by atoms with Crippen LogP contribution in [0.25, 0.3) is 0 Å². The van der Waals surface area contributed by atoms with Gasteiger partial charge in [-0.2, -0.15) is 0 Å². The van der Waals surface area contributed by atoms with Crippen molar-refractivity contribution in [3.8, 4) is 0 Å². The summed E-state index contributed by atoms with van der Waals surface area (Å²) >= 11 is 0. The highest BCUT2D eigenvalue weighted by Crippen LogP contribution is 2.53. The highest BCUT2D eigenvalue weighted by atomic mass is 19.1. The molecule has 5 aliphatic rings. The van der Waals surface area contributed by atoms with E-state index in [9.17, 15) is 23.8 Å². The van der Waals surface area contributed by atoms with E-state index in [0.29, 0.717) is 48.7 Å². The van der Waals surface area contributed by atoms with Gasteiger partial charge in [0, 0.05) is 18.2 Å². The van der Waals surface area contributed by atoms with Gasteiger partial charge < -0.3 is 24.4 Å². The molecule has 3 saturated heterocycles. The Bertz CT molecular complexity index is 1180. The minimum Gasteiger partial charge on any atom is -0.443 e. The zero-order valence-electron chi connectivity index (χ0n) is 28.0. The second-order valence-electron chi connectivity index (χ2n) is 15.7. The van der Waals surface area contributed by atoms with E-state index in [1.807, 2.05) is 6.92 Å². The summed E-state index contributed by atoms with van der Waals surface area (Å²) in [7, 11) is 0. The number of carbonyl (C=O) groups is 1. The Hall–Kier alpha value is -1.81. The van der Waals surface area contributed by atoms with Crippen LogP contribution in [0.3, 0.4) is 0 Å². The van der Waals surface area contributed by atoms with Crippen molar-refractivity contribution in [1.29, 1.82) is 0 Å². The van der Waals surface area contributed by atoms with E-state index in [0.717, 1.165) is 63.1 Å². The molecule has 1 amide bonds. The number of carbonyl (C=O) groups excluding carboxylic acids is 1. The van der Waals surface area contributed by atoms with Crippen LogP contribution in [-0.4, -0.2) is 60.0 Å². The van der Waals surface area contributed by atoms with Gasteiger partial charge in [-0.25, -0.2) is 13.6 Å². The predicted octanol–water partition coefficient (Wildman–Crippen LogP) is 7.19. The molecule has 2 saturated carbocycles. The monoisotopic (exact) mass is 647 g/mol. The van der Waals surface area contributed by atoms with Crippen molar-refractivity contribution in [3.05, 3.63) is 29.8 Å². The van der Waals surface area contributed by atoms with Crippen LogP contribution >= 0.6 is 0 Å². The summed E-state index contributed by atoms with van der Waals surface area (Å²) in [6.07, 6.45) is 5.20. The molecule has 0 radical (unpaired) electrons. The zero-order valence-corrected chi connectivity index (χ0v) is 28.0. The minimum atomic E-state index is -1.03. The molecule has 0 aromatic heterocycles. The molecule has 7 nitrogen and oxygen atoms in total. The van der Waals surface area contributed by atoms with Gasteiger partial charge in [-0.3, -0.25) is 5.32 Å². The SMILES string of the molecule is CC1CCC2C(C)C3CC(C(C)C(O)CC(OC(=O)Nc4cc(F)cc(F)c4)C(O)C(C)C4CCCC5CCC3OCC54)C2CO1. The van der Waals surface area contributed by atoms with Crippen LogP contribution in [0.4, 0.5) is 19.3 Å². The van der Waals surface area contributed by atoms with Crippen molar-refractivity contribution in [2.45, 2.75) is 116 Å². The van der Waals surface area contributed by atoms with Crippen LogP contribution < -0.4 is 5.32 Å². The molecule has 258 valence electrons. The maximum Gasteiger partial charge on any atom is 0.411 e. The second-order valence-corrected chi connectivity index (χ2v) is 15.7. The number of fused-ring (bicyclic) bond motifs is 7. The summed E-state index contributed by atoms with van der Waals surface area (Å²) in [5.41, 5.74) is -0.0730. The van der Waals surface area contributed by atoms with Gasteiger partial charge >= 0.3 is 6.09 Å². The van der Waals surface area contributed by atoms with Gasteiger partial charge in [0.1, 0.15) is 17.7 Å². The van der Waals surface area contributed by atoms with E-state index in [1.165, 1.54) is 6.42 Å². The molecule has 2 aliphatic carbocycles. The molecule has 5 fully saturated rings. The number of halogens is 2. The molecule has 0 spiro atoms. The summed E-state index contributed by atoms with van der Waals surface area (Å²) in [4.78, 5) is 13.2. The second kappa shape index (κ2) is 14.4. The minimum absolute atomic E-state index is 0.0730. The molecular weight excluding hydrogens is 592 g/mol. The first-order chi connectivity index (χ1) is 22.0. The van der Waals surface area contributed by atoms with Crippen molar-refractivity contribution < 1.29 is 38.0 Å². The fourth-order valence-electron chi connectivity index (χ4n) is 10.5. The lowest BCUT2D eigenvalue weighted by molar-refractivity contribution is -0.120. The number of amides is 1. The predicted molar refractivity (Wildman–Crippen MR) is 171 cm³/mol. The normalized spacial score (nSPS) is 45.0. The van der Waals surface area contributed by atoms with Crippen LogP contribution in [0.15, 0.2) is 18.2 Å². The average molecular weight is 648 g/mol. The van der Waals surface area contributed by atoms with Gasteiger partial charge in [0.15, 0.2) is 0 Å². The fraction of sp³-hybridized carbons (Fsp3) is 0.811. The average Bonchev–Trinajstić information content (AvgIpc) is 3.35. The van der Waals surface area contributed by atoms with Crippen molar-refractivity contribution in [2.75, 3.05) is 18.5 Å². The molecular formula is C37H55F2NO6. The van der Waals surface area contributed by atoms with Crippen LogP contribution in [0.1, 0.15) is 85.5 Å². The largest absolute Gasteiger partial charge is 0.443 e. The molecule has 3 aliphatic heterocycles. The summed E-state index contributed by atoms with van der Waals surface area (Å²) in [5, 5.41) is 26.3. The molecule has 4 bridgehead atoms. The molecule has 15 atom stereocenters. The summed E-state index contributed by atoms with van der Waals surface area (Å²) < 4.78 is 46.8. The number of aliphatic hydroxyl groups is 2. The number of anilines is 1. The van der Waals surface area contributed by atoms with E-state index in [2.05, 4.69) is 26.1 Å². The van der Waals surface area contributed by atoms with Gasteiger partial charge in [0.25, 0.3) is 0 Å². The lowest BCUT2D eigenvalue weighted by Crippen LogP contribution is -2.50. The Kier molecular flexibility index (Phi) is 10.6. The first-order valence-corrected chi connectivity index (χ1v) is 18.0. The van der Waals surface area contributed by atoms with Crippen molar-refractivity contribution in [3.63, 3.8) is 0 Å². The number of aliphatic hydroxyl groups excluding tert-OH is 2. The van der Waals surface area contributed by atoms with E-state index in [4.69, 9.17) is 14.2 Å². The van der Waals surface area contributed by atoms with E-state index in [-0.39, 0.29) is 48.0 Å². The van der Waals surface area contributed by atoms with E-state index in [1.54, 1.807) is 0 Å². The summed E-state index contributed by atoms with van der Waals surface area (Å²) in [6, 6.07) is 2.76. The Morgan fingerprint density at radius 3 is 2.24 bits per heavy atom. The van der Waals surface area contributed by atoms with Crippen LogP contribution in [-0.2, 0) is 14.2 Å². The standard InChI is InChI=1S/C37H55F2NO6/c1-19-8-10-28-20(2)30-15-29(32(28)18-44-19)21(3)33(41)16-35(46-37(43)40-26-13-24(38)12-25(39)14-26)36(42)22(4)27-7-5-6-23-9-11-34(30)45-17-31(23)27/h12-14,19-23,27-36,41-42H,5-11,15-18H2,1-4H3,(H,40,43). The van der Waals surface area contributed by atoms with Crippen molar-refractivity contribution >= 4 is 11.8 Å². The first-order valence-electron chi connectivity index (χ1n) is 18.0. The Morgan fingerprint density at radius 2 is 1.48 bits per heavy atom. The number of benzene rings is 1. The molecule has 1 aromatic carbocycles. The number of hydrogen-bond acceptors (Lipinski definition) is 6. The lowest BCUT2D eigenvalue weighted by Gasteiger charge is -2.50. The highest BCUT2D eigenvalue weighted by molar-refractivity contribution is 5.84. The number of hydrogen-bond donors (Lipinski definition) is 3. The van der Waals surface area contributed by atoms with Gasteiger partial charge in [0.05, 0.1) is 37.6 Å². The van der Waals surface area contributed by atoms with Gasteiger partial charge in [-0.15, -0.1) is 0 Å². The number of rotatable bonds is 2. The van der Waals surface area contributed by atoms with Gasteiger partial charge in [0.2, 0.25) is 0 Å². The number of nitrogens with one attached hydrogen (secondary N) is 1. The Labute approximate surface area is 273 Å². The molecule has 1 aromatic rings.